The number of rotatable bonds is 3. The first-order chi connectivity index (χ1) is 8.04. The lowest BCUT2D eigenvalue weighted by Crippen LogP contribution is -2.52. The molecule has 1 N–H and O–H groups in total. The standard InChI is InChI=1S/C11H8F6O/c1-2-7-3-5-8(6-4-7)9(12,10(13,14)15)11(16,17)18/h2-6,18H,1H2. The largest absolute Gasteiger partial charge is 0.435 e. The van der Waals surface area contributed by atoms with Gasteiger partial charge in [-0.25, -0.2) is 4.39 Å². The normalized spacial score (nSPS) is 16.2. The molecule has 1 aromatic rings. The third kappa shape index (κ3) is 2.22. The maximum Gasteiger partial charge on any atom is 0.435 e. The molecule has 1 nitrogen and oxygen atoms in total. The average molecular weight is 270 g/mol. The molecule has 7 heteroatoms. The second-order valence-corrected chi connectivity index (χ2v) is 3.52. The summed E-state index contributed by atoms with van der Waals surface area (Å²) >= 11 is 0. The van der Waals surface area contributed by atoms with Crippen LogP contribution in [0.5, 0.6) is 0 Å². The van der Waals surface area contributed by atoms with E-state index in [1.54, 1.807) is 0 Å². The molecule has 1 atom stereocenters. The molecule has 18 heavy (non-hydrogen) atoms. The van der Waals surface area contributed by atoms with Gasteiger partial charge in [0.15, 0.2) is 0 Å². The van der Waals surface area contributed by atoms with E-state index in [-0.39, 0.29) is 0 Å². The predicted octanol–water partition coefficient (Wildman–Crippen LogP) is 3.64. The number of halogens is 6. The lowest BCUT2D eigenvalue weighted by atomic mass is 9.93. The zero-order chi connectivity index (χ0) is 14.2. The number of aliphatic hydroxyl groups is 1. The average Bonchev–Trinajstić information content (AvgIpc) is 2.25. The highest BCUT2D eigenvalue weighted by atomic mass is 19.4. The van der Waals surface area contributed by atoms with Crippen LogP contribution in [-0.2, 0) is 5.67 Å². The van der Waals surface area contributed by atoms with Gasteiger partial charge in [0.05, 0.1) is 0 Å². The molecule has 0 heterocycles. The van der Waals surface area contributed by atoms with Crippen LogP contribution in [0.4, 0.5) is 26.3 Å². The van der Waals surface area contributed by atoms with E-state index in [1.165, 1.54) is 6.08 Å². The minimum absolute atomic E-state index is 0.324. The smallest absolute Gasteiger partial charge is 0.333 e. The van der Waals surface area contributed by atoms with Gasteiger partial charge in [0, 0.05) is 5.56 Å². The molecule has 1 unspecified atom stereocenters. The summed E-state index contributed by atoms with van der Waals surface area (Å²) < 4.78 is 76.1. The second kappa shape index (κ2) is 4.31. The summed E-state index contributed by atoms with van der Waals surface area (Å²) in [5.41, 5.74) is -6.21. The molecular formula is C11H8F6O. The van der Waals surface area contributed by atoms with Gasteiger partial charge < -0.3 is 5.11 Å². The van der Waals surface area contributed by atoms with Crippen LogP contribution >= 0.6 is 0 Å². The van der Waals surface area contributed by atoms with Crippen molar-refractivity contribution in [1.29, 1.82) is 0 Å². The molecule has 1 aromatic carbocycles. The van der Waals surface area contributed by atoms with E-state index in [0.29, 0.717) is 17.7 Å². The number of hydrogen-bond acceptors (Lipinski definition) is 1. The van der Waals surface area contributed by atoms with Crippen LogP contribution in [0, 0.1) is 0 Å². The Morgan fingerprint density at radius 3 is 1.67 bits per heavy atom. The summed E-state index contributed by atoms with van der Waals surface area (Å²) in [6.45, 7) is 3.31. The fraction of sp³-hybridized carbons (Fsp3) is 0.273. The molecule has 0 aliphatic heterocycles. The summed E-state index contributed by atoms with van der Waals surface area (Å²) in [5.74, 6) is 0. The van der Waals surface area contributed by atoms with E-state index < -0.39 is 23.5 Å². The quantitative estimate of drug-likeness (QED) is 0.831. The minimum Gasteiger partial charge on any atom is -0.333 e. The Morgan fingerprint density at radius 2 is 1.39 bits per heavy atom. The van der Waals surface area contributed by atoms with Gasteiger partial charge in [0.2, 0.25) is 0 Å². The fourth-order valence-electron chi connectivity index (χ4n) is 1.36. The molecule has 0 saturated heterocycles. The lowest BCUT2D eigenvalue weighted by molar-refractivity contribution is -0.375. The molecule has 0 aliphatic rings. The van der Waals surface area contributed by atoms with Crippen LogP contribution in [0.25, 0.3) is 6.08 Å². The Balaban J connectivity index is 3.40. The molecule has 0 radical (unpaired) electrons. The Morgan fingerprint density at radius 1 is 0.944 bits per heavy atom. The maximum atomic E-state index is 13.6. The maximum absolute atomic E-state index is 13.6. The lowest BCUT2D eigenvalue weighted by Gasteiger charge is -2.31. The Labute approximate surface area is 98.4 Å². The minimum atomic E-state index is -5.96. The van der Waals surface area contributed by atoms with Gasteiger partial charge in [-0.2, -0.15) is 22.0 Å². The van der Waals surface area contributed by atoms with Gasteiger partial charge in [-0.15, -0.1) is 0 Å². The van der Waals surface area contributed by atoms with Gasteiger partial charge in [-0.3, -0.25) is 0 Å². The summed E-state index contributed by atoms with van der Waals surface area (Å²) in [4.78, 5) is 0. The van der Waals surface area contributed by atoms with E-state index in [1.807, 2.05) is 0 Å². The first-order valence-corrected chi connectivity index (χ1v) is 4.63. The topological polar surface area (TPSA) is 20.2 Å². The van der Waals surface area contributed by atoms with Gasteiger partial charge in [0.1, 0.15) is 0 Å². The number of alkyl halides is 6. The van der Waals surface area contributed by atoms with Crippen LogP contribution in [0.15, 0.2) is 30.8 Å². The van der Waals surface area contributed by atoms with E-state index >= 15 is 0 Å². The summed E-state index contributed by atoms with van der Waals surface area (Å²) in [6.07, 6.45) is -10.3. The Bertz CT molecular complexity index is 414. The van der Waals surface area contributed by atoms with Gasteiger partial charge in [0.25, 0.3) is 0 Å². The van der Waals surface area contributed by atoms with Crippen molar-refractivity contribution in [2.75, 3.05) is 0 Å². The van der Waals surface area contributed by atoms with Crippen molar-refractivity contribution in [3.63, 3.8) is 0 Å². The van der Waals surface area contributed by atoms with Crippen molar-refractivity contribution in [2.45, 2.75) is 18.0 Å². The van der Waals surface area contributed by atoms with E-state index in [2.05, 4.69) is 6.58 Å². The highest BCUT2D eigenvalue weighted by molar-refractivity contribution is 5.48. The van der Waals surface area contributed by atoms with Crippen LogP contribution in [0.2, 0.25) is 0 Å². The summed E-state index contributed by atoms with van der Waals surface area (Å²) in [5, 5.41) is 8.20. The van der Waals surface area contributed by atoms with Crippen molar-refractivity contribution in [3.05, 3.63) is 42.0 Å². The highest BCUT2D eigenvalue weighted by Crippen LogP contribution is 2.51. The SMILES string of the molecule is C=Cc1ccc(C(F)(C(O)(F)F)C(F)(F)F)cc1. The van der Waals surface area contributed by atoms with Crippen LogP contribution < -0.4 is 0 Å². The molecule has 0 amide bonds. The van der Waals surface area contributed by atoms with Gasteiger partial charge in [-0.1, -0.05) is 36.9 Å². The molecule has 0 fully saturated rings. The summed E-state index contributed by atoms with van der Waals surface area (Å²) in [7, 11) is 0. The number of benzene rings is 1. The van der Waals surface area contributed by atoms with Gasteiger partial charge >= 0.3 is 18.0 Å². The zero-order valence-corrected chi connectivity index (χ0v) is 8.81. The molecule has 1 rings (SSSR count). The molecule has 0 aromatic heterocycles. The molecule has 0 bridgehead atoms. The van der Waals surface area contributed by atoms with E-state index in [4.69, 9.17) is 5.11 Å². The third-order valence-corrected chi connectivity index (χ3v) is 2.35. The highest BCUT2D eigenvalue weighted by Gasteiger charge is 2.72. The monoisotopic (exact) mass is 270 g/mol. The van der Waals surface area contributed by atoms with Crippen LogP contribution in [-0.4, -0.2) is 17.4 Å². The van der Waals surface area contributed by atoms with Crippen LogP contribution in [0.3, 0.4) is 0 Å². The molecule has 100 valence electrons. The Hall–Kier alpha value is -1.50. The van der Waals surface area contributed by atoms with Crippen LogP contribution in [0.1, 0.15) is 11.1 Å². The van der Waals surface area contributed by atoms with Crippen molar-refractivity contribution in [3.8, 4) is 0 Å². The number of hydrogen-bond donors (Lipinski definition) is 1. The van der Waals surface area contributed by atoms with Crippen molar-refractivity contribution in [2.24, 2.45) is 0 Å². The fourth-order valence-corrected chi connectivity index (χ4v) is 1.36. The first-order valence-electron chi connectivity index (χ1n) is 4.63. The predicted molar refractivity (Wildman–Crippen MR) is 52.5 cm³/mol. The van der Waals surface area contributed by atoms with Crippen molar-refractivity contribution < 1.29 is 31.4 Å². The van der Waals surface area contributed by atoms with Crippen molar-refractivity contribution in [1.82, 2.24) is 0 Å². The van der Waals surface area contributed by atoms with E-state index in [0.717, 1.165) is 12.1 Å². The summed E-state index contributed by atoms with van der Waals surface area (Å²) in [6, 6.07) is 3.01. The van der Waals surface area contributed by atoms with E-state index in [9.17, 15) is 26.3 Å². The zero-order valence-electron chi connectivity index (χ0n) is 8.81. The third-order valence-electron chi connectivity index (χ3n) is 2.35. The molecule has 0 saturated carbocycles. The first kappa shape index (κ1) is 14.6. The Kier molecular flexibility index (Phi) is 3.49. The molecule has 0 spiro atoms. The van der Waals surface area contributed by atoms with Gasteiger partial charge in [-0.05, 0) is 5.56 Å². The molecule has 0 aliphatic carbocycles. The second-order valence-electron chi connectivity index (χ2n) is 3.52. The van der Waals surface area contributed by atoms with Crippen molar-refractivity contribution >= 4 is 6.08 Å². The molecular weight excluding hydrogens is 262 g/mol.